The van der Waals surface area contributed by atoms with Gasteiger partial charge in [0.1, 0.15) is 0 Å². The van der Waals surface area contributed by atoms with E-state index in [9.17, 15) is 0 Å². The van der Waals surface area contributed by atoms with Gasteiger partial charge in [-0.05, 0) is 5.92 Å². The molecular formula is C17H35. The number of hydrogen-bond donors (Lipinski definition) is 0. The first-order valence-electron chi connectivity index (χ1n) is 8.14. The summed E-state index contributed by atoms with van der Waals surface area (Å²) >= 11 is 0. The molecule has 0 spiro atoms. The van der Waals surface area contributed by atoms with Gasteiger partial charge in [0, 0.05) is 0 Å². The van der Waals surface area contributed by atoms with Gasteiger partial charge in [0.25, 0.3) is 0 Å². The Hall–Kier alpha value is 0. The first-order chi connectivity index (χ1) is 8.35. The van der Waals surface area contributed by atoms with Crippen LogP contribution in [0.4, 0.5) is 0 Å². The second kappa shape index (κ2) is 14.1. The van der Waals surface area contributed by atoms with E-state index in [4.69, 9.17) is 0 Å². The van der Waals surface area contributed by atoms with E-state index < -0.39 is 0 Å². The molecule has 0 aliphatic carbocycles. The summed E-state index contributed by atoms with van der Waals surface area (Å²) in [5, 5.41) is 0. The molecule has 0 aromatic carbocycles. The van der Waals surface area contributed by atoms with E-state index in [0.29, 0.717) is 0 Å². The lowest BCUT2D eigenvalue weighted by molar-refractivity contribution is 0.397. The maximum atomic E-state index is 3.92. The lowest BCUT2D eigenvalue weighted by Gasteiger charge is -2.14. The zero-order chi connectivity index (χ0) is 12.8. The minimum atomic E-state index is 0.997. The maximum absolute atomic E-state index is 3.92. The van der Waals surface area contributed by atoms with Crippen molar-refractivity contribution >= 4 is 0 Å². The van der Waals surface area contributed by atoms with E-state index in [1.54, 1.807) is 0 Å². The lowest BCUT2D eigenvalue weighted by Crippen LogP contribution is -1.99. The van der Waals surface area contributed by atoms with Crippen molar-refractivity contribution in [2.45, 2.75) is 97.3 Å². The summed E-state index contributed by atoms with van der Waals surface area (Å²) in [6, 6.07) is 0. The molecule has 0 aromatic rings. The van der Waals surface area contributed by atoms with Crippen LogP contribution in [0, 0.1) is 12.8 Å². The van der Waals surface area contributed by atoms with Crippen molar-refractivity contribution in [2.75, 3.05) is 0 Å². The largest absolute Gasteiger partial charge is 0.0654 e. The molecule has 0 rings (SSSR count). The third kappa shape index (κ3) is 12.2. The van der Waals surface area contributed by atoms with Gasteiger partial charge in [-0.1, -0.05) is 104 Å². The molecule has 0 fully saturated rings. The van der Waals surface area contributed by atoms with Gasteiger partial charge in [-0.3, -0.25) is 0 Å². The molecule has 0 nitrogen and oxygen atoms in total. The van der Waals surface area contributed by atoms with E-state index in [1.165, 1.54) is 77.0 Å². The minimum Gasteiger partial charge on any atom is -0.0654 e. The SMILES string of the molecule is [CH2]CCCCC(CC)CCCCCCCCC. The molecule has 0 aliphatic heterocycles. The van der Waals surface area contributed by atoms with Crippen LogP contribution in [0.2, 0.25) is 0 Å². The monoisotopic (exact) mass is 239 g/mol. The molecule has 0 heterocycles. The molecule has 1 radical (unpaired) electrons. The molecule has 0 saturated heterocycles. The van der Waals surface area contributed by atoms with Gasteiger partial charge in [0.2, 0.25) is 0 Å². The van der Waals surface area contributed by atoms with Crippen LogP contribution in [0.1, 0.15) is 97.3 Å². The van der Waals surface area contributed by atoms with Gasteiger partial charge in [-0.15, -0.1) is 0 Å². The van der Waals surface area contributed by atoms with Crippen LogP contribution in [0.5, 0.6) is 0 Å². The third-order valence-electron chi connectivity index (χ3n) is 3.91. The van der Waals surface area contributed by atoms with Gasteiger partial charge in [-0.2, -0.15) is 0 Å². The van der Waals surface area contributed by atoms with Crippen molar-refractivity contribution in [3.8, 4) is 0 Å². The fraction of sp³-hybridized carbons (Fsp3) is 0.941. The highest BCUT2D eigenvalue weighted by atomic mass is 14.1. The molecule has 103 valence electrons. The van der Waals surface area contributed by atoms with E-state index in [0.717, 1.165) is 12.3 Å². The van der Waals surface area contributed by atoms with Gasteiger partial charge < -0.3 is 0 Å². The van der Waals surface area contributed by atoms with Gasteiger partial charge >= 0.3 is 0 Å². The molecule has 0 amide bonds. The van der Waals surface area contributed by atoms with Gasteiger partial charge in [-0.25, -0.2) is 0 Å². The minimum absolute atomic E-state index is 0.997. The number of hydrogen-bond acceptors (Lipinski definition) is 0. The molecule has 0 heteroatoms. The highest BCUT2D eigenvalue weighted by Gasteiger charge is 2.05. The van der Waals surface area contributed by atoms with Crippen LogP contribution in [-0.2, 0) is 0 Å². The predicted octanol–water partition coefficient (Wildman–Crippen LogP) is 6.55. The molecular weight excluding hydrogens is 204 g/mol. The smallest absolute Gasteiger partial charge is 0.0417 e. The molecule has 0 N–H and O–H groups in total. The summed E-state index contributed by atoms with van der Waals surface area (Å²) in [7, 11) is 0. The van der Waals surface area contributed by atoms with Crippen LogP contribution in [0.15, 0.2) is 0 Å². The highest BCUT2D eigenvalue weighted by molar-refractivity contribution is 4.59. The first kappa shape index (κ1) is 17.0. The van der Waals surface area contributed by atoms with Crippen molar-refractivity contribution in [3.05, 3.63) is 6.92 Å². The average Bonchev–Trinajstić information content (AvgIpc) is 2.35. The van der Waals surface area contributed by atoms with E-state index in [2.05, 4.69) is 20.8 Å². The standard InChI is InChI=1S/C17H35/c1-4-7-9-10-11-12-14-16-17(6-3)15-13-8-5-2/h17H,2,4-16H2,1,3H3. The summed E-state index contributed by atoms with van der Waals surface area (Å²) in [5.41, 5.74) is 0. The quantitative estimate of drug-likeness (QED) is 0.320. The van der Waals surface area contributed by atoms with E-state index >= 15 is 0 Å². The zero-order valence-electron chi connectivity index (χ0n) is 12.5. The van der Waals surface area contributed by atoms with Crippen molar-refractivity contribution < 1.29 is 0 Å². The van der Waals surface area contributed by atoms with Crippen LogP contribution in [0.25, 0.3) is 0 Å². The van der Waals surface area contributed by atoms with Crippen molar-refractivity contribution in [2.24, 2.45) is 5.92 Å². The molecule has 0 aromatic heterocycles. The Balaban J connectivity index is 3.25. The number of rotatable bonds is 13. The Morgan fingerprint density at radius 2 is 1.24 bits per heavy atom. The zero-order valence-corrected chi connectivity index (χ0v) is 12.5. The topological polar surface area (TPSA) is 0 Å². The average molecular weight is 239 g/mol. The molecule has 17 heavy (non-hydrogen) atoms. The fourth-order valence-corrected chi connectivity index (χ4v) is 2.55. The molecule has 0 aliphatic rings. The van der Waals surface area contributed by atoms with Gasteiger partial charge in [0.05, 0.1) is 0 Å². The summed E-state index contributed by atoms with van der Waals surface area (Å²) in [6.07, 6.45) is 18.3. The van der Waals surface area contributed by atoms with E-state index in [-0.39, 0.29) is 0 Å². The molecule has 1 atom stereocenters. The van der Waals surface area contributed by atoms with E-state index in [1.807, 2.05) is 0 Å². The number of unbranched alkanes of at least 4 members (excludes halogenated alkanes) is 8. The fourth-order valence-electron chi connectivity index (χ4n) is 2.55. The maximum Gasteiger partial charge on any atom is -0.0417 e. The predicted molar refractivity (Wildman–Crippen MR) is 80.2 cm³/mol. The summed E-state index contributed by atoms with van der Waals surface area (Å²) in [4.78, 5) is 0. The Labute approximate surface area is 111 Å². The Morgan fingerprint density at radius 3 is 1.76 bits per heavy atom. The van der Waals surface area contributed by atoms with Gasteiger partial charge in [0.15, 0.2) is 0 Å². The lowest BCUT2D eigenvalue weighted by atomic mass is 9.92. The second-order valence-electron chi connectivity index (χ2n) is 5.53. The third-order valence-corrected chi connectivity index (χ3v) is 3.91. The van der Waals surface area contributed by atoms with Crippen LogP contribution >= 0.6 is 0 Å². The summed E-state index contributed by atoms with van der Waals surface area (Å²) < 4.78 is 0. The molecule has 1 unspecified atom stereocenters. The van der Waals surface area contributed by atoms with Crippen LogP contribution in [0.3, 0.4) is 0 Å². The van der Waals surface area contributed by atoms with Crippen molar-refractivity contribution in [1.82, 2.24) is 0 Å². The summed E-state index contributed by atoms with van der Waals surface area (Å²) in [6.45, 7) is 8.57. The van der Waals surface area contributed by atoms with Crippen molar-refractivity contribution in [3.63, 3.8) is 0 Å². The van der Waals surface area contributed by atoms with Crippen LogP contribution in [-0.4, -0.2) is 0 Å². The summed E-state index contributed by atoms with van der Waals surface area (Å²) in [5.74, 6) is 0.997. The van der Waals surface area contributed by atoms with Crippen molar-refractivity contribution in [1.29, 1.82) is 0 Å². The normalized spacial score (nSPS) is 12.9. The van der Waals surface area contributed by atoms with Crippen LogP contribution < -0.4 is 0 Å². The first-order valence-corrected chi connectivity index (χ1v) is 8.14. The second-order valence-corrected chi connectivity index (χ2v) is 5.53. The highest BCUT2D eigenvalue weighted by Crippen LogP contribution is 2.20. The molecule has 0 saturated carbocycles. The molecule has 0 bridgehead atoms. The Bertz CT molecular complexity index is 128. The Morgan fingerprint density at radius 1 is 0.706 bits per heavy atom. The Kier molecular flexibility index (Phi) is 14.1.